The highest BCUT2D eigenvalue weighted by Crippen LogP contribution is 2.14. The van der Waals surface area contributed by atoms with Crippen LogP contribution in [0.25, 0.3) is 0 Å². The standard InChI is InChI=1S/C7H17NO4Si/c1-10-6(11-2)5(13)3-4-12-7(8)9/h5-6H,3-4H2,1-2,13H3,(H2,8,9). The smallest absolute Gasteiger partial charge is 0.404 e. The normalized spacial score (nSPS) is 13.2. The van der Waals surface area contributed by atoms with E-state index in [2.05, 4.69) is 4.74 Å². The minimum Gasteiger partial charge on any atom is -0.450 e. The predicted molar refractivity (Wildman–Crippen MR) is 51.6 cm³/mol. The van der Waals surface area contributed by atoms with E-state index in [0.29, 0.717) is 12.1 Å². The Balaban J connectivity index is 3.59. The molecule has 0 heterocycles. The summed E-state index contributed by atoms with van der Waals surface area (Å²) in [5.41, 5.74) is 5.11. The molecule has 0 aromatic rings. The van der Waals surface area contributed by atoms with Crippen LogP contribution in [-0.2, 0) is 14.2 Å². The highest BCUT2D eigenvalue weighted by Gasteiger charge is 2.15. The van der Waals surface area contributed by atoms with Crippen molar-refractivity contribution in [1.82, 2.24) is 0 Å². The molecule has 0 aromatic heterocycles. The van der Waals surface area contributed by atoms with Gasteiger partial charge in [0.1, 0.15) is 0 Å². The fraction of sp³-hybridized carbons (Fsp3) is 0.857. The molecule has 0 aliphatic rings. The number of primary amides is 1. The second kappa shape index (κ2) is 6.87. The Morgan fingerprint density at radius 3 is 2.38 bits per heavy atom. The van der Waals surface area contributed by atoms with E-state index < -0.39 is 6.09 Å². The fourth-order valence-corrected chi connectivity index (χ4v) is 1.82. The number of rotatable bonds is 6. The van der Waals surface area contributed by atoms with Crippen molar-refractivity contribution in [1.29, 1.82) is 0 Å². The van der Waals surface area contributed by atoms with Gasteiger partial charge in [0.25, 0.3) is 0 Å². The highest BCUT2D eigenvalue weighted by molar-refractivity contribution is 6.11. The van der Waals surface area contributed by atoms with Gasteiger partial charge in [-0.1, -0.05) is 0 Å². The first-order chi connectivity index (χ1) is 6.11. The number of carbonyl (C=O) groups is 1. The molecule has 0 saturated carbocycles. The number of ether oxygens (including phenoxy) is 3. The average molecular weight is 207 g/mol. The van der Waals surface area contributed by atoms with Gasteiger partial charge in [-0.05, 0) is 12.0 Å². The van der Waals surface area contributed by atoms with Gasteiger partial charge in [-0.15, -0.1) is 0 Å². The van der Waals surface area contributed by atoms with Gasteiger partial charge in [0.2, 0.25) is 0 Å². The van der Waals surface area contributed by atoms with Crippen LogP contribution in [-0.4, -0.2) is 43.5 Å². The predicted octanol–water partition coefficient (Wildman–Crippen LogP) is -0.755. The highest BCUT2D eigenvalue weighted by atomic mass is 28.1. The Labute approximate surface area is 80.9 Å². The lowest BCUT2D eigenvalue weighted by molar-refractivity contribution is -0.107. The molecular formula is C7H17NO4Si. The molecule has 2 N–H and O–H groups in total. The first kappa shape index (κ1) is 12.4. The summed E-state index contributed by atoms with van der Waals surface area (Å²) in [6.07, 6.45) is -0.218. The van der Waals surface area contributed by atoms with E-state index in [1.807, 2.05) is 0 Å². The van der Waals surface area contributed by atoms with Gasteiger partial charge in [0, 0.05) is 24.5 Å². The number of amides is 1. The van der Waals surface area contributed by atoms with Crippen molar-refractivity contribution < 1.29 is 19.0 Å². The molecule has 0 fully saturated rings. The molecule has 0 aliphatic carbocycles. The molecule has 0 bridgehead atoms. The van der Waals surface area contributed by atoms with E-state index >= 15 is 0 Å². The molecule has 5 nitrogen and oxygen atoms in total. The lowest BCUT2D eigenvalue weighted by Crippen LogP contribution is -2.23. The number of nitrogens with two attached hydrogens (primary N) is 1. The van der Waals surface area contributed by atoms with Crippen molar-refractivity contribution in [3.8, 4) is 0 Å². The lowest BCUT2D eigenvalue weighted by atomic mass is 10.3. The van der Waals surface area contributed by atoms with E-state index in [0.717, 1.165) is 16.7 Å². The van der Waals surface area contributed by atoms with Gasteiger partial charge in [0.15, 0.2) is 6.29 Å². The van der Waals surface area contributed by atoms with E-state index in [-0.39, 0.29) is 6.29 Å². The molecule has 1 amide bonds. The summed E-state index contributed by atoms with van der Waals surface area (Å²) >= 11 is 0. The number of carbonyl (C=O) groups excluding carboxylic acids is 1. The molecule has 0 aromatic carbocycles. The second-order valence-electron chi connectivity index (χ2n) is 2.77. The summed E-state index contributed by atoms with van der Waals surface area (Å²) in [7, 11) is 4.10. The van der Waals surface area contributed by atoms with E-state index in [1.54, 1.807) is 14.2 Å². The van der Waals surface area contributed by atoms with Crippen molar-refractivity contribution in [2.24, 2.45) is 5.73 Å². The molecule has 6 heteroatoms. The Morgan fingerprint density at radius 1 is 1.46 bits per heavy atom. The van der Waals surface area contributed by atoms with Crippen LogP contribution < -0.4 is 5.73 Å². The van der Waals surface area contributed by atoms with Crippen LogP contribution in [0.15, 0.2) is 0 Å². The van der Waals surface area contributed by atoms with Gasteiger partial charge in [-0.3, -0.25) is 0 Å². The van der Waals surface area contributed by atoms with Gasteiger partial charge in [0.05, 0.1) is 6.61 Å². The molecule has 0 spiro atoms. The third-order valence-corrected chi connectivity index (χ3v) is 2.87. The Hall–Kier alpha value is -0.593. The van der Waals surface area contributed by atoms with Crippen LogP contribution in [0.1, 0.15) is 6.42 Å². The van der Waals surface area contributed by atoms with Gasteiger partial charge >= 0.3 is 6.09 Å². The largest absolute Gasteiger partial charge is 0.450 e. The van der Waals surface area contributed by atoms with Crippen molar-refractivity contribution in [2.75, 3.05) is 20.8 Å². The number of hydrogen-bond donors (Lipinski definition) is 1. The third kappa shape index (κ3) is 5.62. The maximum Gasteiger partial charge on any atom is 0.404 e. The minimum absolute atomic E-state index is 0.205. The molecule has 1 unspecified atom stereocenters. The van der Waals surface area contributed by atoms with E-state index in [4.69, 9.17) is 15.2 Å². The van der Waals surface area contributed by atoms with Gasteiger partial charge in [-0.2, -0.15) is 0 Å². The molecule has 0 saturated heterocycles. The second-order valence-corrected chi connectivity index (χ2v) is 4.26. The first-order valence-corrected chi connectivity index (χ1v) is 5.25. The maximum absolute atomic E-state index is 10.2. The summed E-state index contributed by atoms with van der Waals surface area (Å²) in [6.45, 7) is 0.326. The topological polar surface area (TPSA) is 70.8 Å². The van der Waals surface area contributed by atoms with E-state index in [9.17, 15) is 4.79 Å². The molecule has 0 radical (unpaired) electrons. The number of hydrogen-bond acceptors (Lipinski definition) is 4. The molecule has 1 atom stereocenters. The zero-order valence-electron chi connectivity index (χ0n) is 8.28. The third-order valence-electron chi connectivity index (χ3n) is 1.75. The van der Waals surface area contributed by atoms with Crippen LogP contribution >= 0.6 is 0 Å². The molecule has 13 heavy (non-hydrogen) atoms. The van der Waals surface area contributed by atoms with Crippen LogP contribution in [0.3, 0.4) is 0 Å². The summed E-state index contributed by atoms with van der Waals surface area (Å²) in [5.74, 6) is 0. The molecule has 0 aliphatic heterocycles. The lowest BCUT2D eigenvalue weighted by Gasteiger charge is -2.20. The Bertz CT molecular complexity index is 151. The quantitative estimate of drug-likeness (QED) is 0.459. The van der Waals surface area contributed by atoms with E-state index in [1.165, 1.54) is 0 Å². The van der Waals surface area contributed by atoms with Crippen LogP contribution in [0.4, 0.5) is 4.79 Å². The van der Waals surface area contributed by atoms with Crippen LogP contribution in [0.2, 0.25) is 5.54 Å². The summed E-state index contributed by atoms with van der Waals surface area (Å²) in [5, 5.41) is 0. The first-order valence-electron chi connectivity index (χ1n) is 4.09. The Kier molecular flexibility index (Phi) is 6.56. The summed E-state index contributed by atoms with van der Waals surface area (Å²) < 4.78 is 14.7. The van der Waals surface area contributed by atoms with Crippen molar-refractivity contribution in [2.45, 2.75) is 18.3 Å². The molecule has 0 rings (SSSR count). The average Bonchev–Trinajstić information content (AvgIpc) is 2.05. The Morgan fingerprint density at radius 2 is 2.00 bits per heavy atom. The van der Waals surface area contributed by atoms with Gasteiger partial charge < -0.3 is 19.9 Å². The zero-order chi connectivity index (χ0) is 10.3. The zero-order valence-corrected chi connectivity index (χ0v) is 10.3. The fourth-order valence-electron chi connectivity index (χ4n) is 1.04. The number of methoxy groups -OCH3 is 2. The maximum atomic E-state index is 10.2. The van der Waals surface area contributed by atoms with Gasteiger partial charge in [-0.25, -0.2) is 4.79 Å². The van der Waals surface area contributed by atoms with Crippen molar-refractivity contribution in [3.63, 3.8) is 0 Å². The van der Waals surface area contributed by atoms with Crippen molar-refractivity contribution in [3.05, 3.63) is 0 Å². The monoisotopic (exact) mass is 207 g/mol. The SMILES string of the molecule is COC(OC)C([SiH3])CCOC(N)=O. The molecule has 78 valence electrons. The summed E-state index contributed by atoms with van der Waals surface area (Å²) in [6, 6.07) is 0. The van der Waals surface area contributed by atoms with Crippen LogP contribution in [0.5, 0.6) is 0 Å². The molecular weight excluding hydrogens is 190 g/mol. The van der Waals surface area contributed by atoms with Crippen molar-refractivity contribution >= 4 is 16.3 Å². The summed E-state index contributed by atoms with van der Waals surface area (Å²) in [4.78, 5) is 10.2. The van der Waals surface area contributed by atoms with Crippen LogP contribution in [0, 0.1) is 0 Å². The minimum atomic E-state index is -0.736.